The van der Waals surface area contributed by atoms with Crippen LogP contribution in [0.5, 0.6) is 5.75 Å². The van der Waals surface area contributed by atoms with E-state index >= 15 is 0 Å². The number of carbonyl (C=O) groups is 2. The maximum atomic E-state index is 13.1. The Morgan fingerprint density at radius 2 is 1.64 bits per heavy atom. The number of ether oxygens (including phenoxy) is 1. The molecule has 1 heterocycles. The molecule has 8 nitrogen and oxygen atoms in total. The van der Waals surface area contributed by atoms with E-state index in [1.54, 1.807) is 18.2 Å². The van der Waals surface area contributed by atoms with Crippen LogP contribution in [-0.4, -0.2) is 62.2 Å². The van der Waals surface area contributed by atoms with Crippen LogP contribution in [0.15, 0.2) is 65.6 Å². The van der Waals surface area contributed by atoms with E-state index in [1.807, 2.05) is 24.3 Å². The van der Waals surface area contributed by atoms with Gasteiger partial charge >= 0.3 is 0 Å². The Morgan fingerprint density at radius 3 is 2.33 bits per heavy atom. The van der Waals surface area contributed by atoms with Crippen molar-refractivity contribution < 1.29 is 22.7 Å². The maximum Gasteiger partial charge on any atom is 0.260 e. The third-order valence-electron chi connectivity index (χ3n) is 5.51. The molecule has 33 heavy (non-hydrogen) atoms. The van der Waals surface area contributed by atoms with Gasteiger partial charge in [-0.05, 0) is 41.1 Å². The predicted molar refractivity (Wildman–Crippen MR) is 125 cm³/mol. The lowest BCUT2D eigenvalue weighted by Gasteiger charge is -2.34. The highest BCUT2D eigenvalue weighted by Crippen LogP contribution is 2.24. The Morgan fingerprint density at radius 1 is 0.939 bits per heavy atom. The highest BCUT2D eigenvalue weighted by Gasteiger charge is 2.30. The first kappa shape index (κ1) is 23.0. The minimum absolute atomic E-state index is 0.0848. The summed E-state index contributed by atoms with van der Waals surface area (Å²) in [5, 5.41) is 2.14. The molecule has 0 atom stereocenters. The van der Waals surface area contributed by atoms with Crippen LogP contribution in [0.25, 0.3) is 10.8 Å². The van der Waals surface area contributed by atoms with Gasteiger partial charge < -0.3 is 15.4 Å². The van der Waals surface area contributed by atoms with Crippen molar-refractivity contribution in [3.8, 4) is 5.75 Å². The summed E-state index contributed by atoms with van der Waals surface area (Å²) in [6.45, 7) is 0.513. The van der Waals surface area contributed by atoms with Crippen molar-refractivity contribution in [2.45, 2.75) is 4.90 Å². The number of primary amides is 1. The number of amides is 2. The lowest BCUT2D eigenvalue weighted by molar-refractivity contribution is -0.134. The number of nitrogens with zero attached hydrogens (tertiary/aromatic N) is 2. The van der Waals surface area contributed by atoms with Gasteiger partial charge in [0.2, 0.25) is 10.0 Å². The normalized spacial score (nSPS) is 14.9. The summed E-state index contributed by atoms with van der Waals surface area (Å²) in [5.74, 6) is -0.867. The zero-order valence-corrected chi connectivity index (χ0v) is 19.2. The summed E-state index contributed by atoms with van der Waals surface area (Å²) in [6.07, 6.45) is 0. The molecule has 0 unspecified atom stereocenters. The Bertz CT molecular complexity index is 1320. The van der Waals surface area contributed by atoms with E-state index in [-0.39, 0.29) is 54.9 Å². The molecule has 0 spiro atoms. The summed E-state index contributed by atoms with van der Waals surface area (Å²) in [6, 6.07) is 17.0. The number of carbonyl (C=O) groups excluding carboxylic acids is 2. The van der Waals surface area contributed by atoms with Crippen LogP contribution in [-0.2, 0) is 14.8 Å². The highest BCUT2D eigenvalue weighted by molar-refractivity contribution is 7.89. The van der Waals surface area contributed by atoms with E-state index in [0.717, 1.165) is 10.8 Å². The molecule has 0 aliphatic carbocycles. The van der Waals surface area contributed by atoms with Gasteiger partial charge in [0.15, 0.2) is 6.61 Å². The van der Waals surface area contributed by atoms with Gasteiger partial charge in [0.25, 0.3) is 11.8 Å². The van der Waals surface area contributed by atoms with E-state index in [0.29, 0.717) is 5.02 Å². The second kappa shape index (κ2) is 9.38. The van der Waals surface area contributed by atoms with Gasteiger partial charge in [-0.1, -0.05) is 41.9 Å². The van der Waals surface area contributed by atoms with Crippen LogP contribution >= 0.6 is 11.6 Å². The number of fused-ring (bicyclic) bond motifs is 1. The van der Waals surface area contributed by atoms with Crippen molar-refractivity contribution in [2.75, 3.05) is 32.8 Å². The quantitative estimate of drug-likeness (QED) is 0.574. The SMILES string of the molecule is NC(=O)c1cc(Cl)ccc1OCC(=O)N1CCN(S(=O)(=O)c2ccc3ccccc3c2)CC1. The third-order valence-corrected chi connectivity index (χ3v) is 7.64. The molecule has 10 heteroatoms. The van der Waals surface area contributed by atoms with Crippen LogP contribution < -0.4 is 10.5 Å². The predicted octanol–water partition coefficient (Wildman–Crippen LogP) is 2.50. The maximum absolute atomic E-state index is 13.1. The van der Waals surface area contributed by atoms with Gasteiger partial charge in [-0.15, -0.1) is 0 Å². The first-order valence-corrected chi connectivity index (χ1v) is 12.1. The molecule has 0 aromatic heterocycles. The fourth-order valence-electron chi connectivity index (χ4n) is 3.71. The number of nitrogens with two attached hydrogens (primary N) is 1. The molecule has 1 saturated heterocycles. The van der Waals surface area contributed by atoms with Crippen molar-refractivity contribution in [3.63, 3.8) is 0 Å². The second-order valence-corrected chi connectivity index (χ2v) is 9.96. The molecule has 1 aliphatic heterocycles. The van der Waals surface area contributed by atoms with Crippen LogP contribution in [0, 0.1) is 0 Å². The first-order chi connectivity index (χ1) is 15.8. The average molecular weight is 488 g/mol. The number of halogens is 1. The standard InChI is InChI=1S/C23H22ClN3O5S/c24-18-6-8-21(20(14-18)23(25)29)32-15-22(28)26-9-11-27(12-10-26)33(30,31)19-7-5-16-3-1-2-4-17(16)13-19/h1-8,13-14H,9-12,15H2,(H2,25,29). The van der Waals surface area contributed by atoms with Crippen molar-refractivity contribution in [2.24, 2.45) is 5.73 Å². The largest absolute Gasteiger partial charge is 0.483 e. The third kappa shape index (κ3) is 4.95. The number of benzene rings is 3. The van der Waals surface area contributed by atoms with Crippen LogP contribution in [0.3, 0.4) is 0 Å². The summed E-state index contributed by atoms with van der Waals surface area (Å²) in [7, 11) is -3.68. The molecule has 1 fully saturated rings. The van der Waals surface area contributed by atoms with Gasteiger partial charge in [0.1, 0.15) is 5.75 Å². The lowest BCUT2D eigenvalue weighted by atomic mass is 10.1. The monoisotopic (exact) mass is 487 g/mol. The van der Waals surface area contributed by atoms with Gasteiger partial charge in [0, 0.05) is 31.2 Å². The molecule has 2 N–H and O–H groups in total. The summed E-state index contributed by atoms with van der Waals surface area (Å²) in [5.41, 5.74) is 5.42. The number of rotatable bonds is 6. The van der Waals surface area contributed by atoms with Gasteiger partial charge in [-0.25, -0.2) is 8.42 Å². The molecular formula is C23H22ClN3O5S. The zero-order valence-electron chi connectivity index (χ0n) is 17.6. The lowest BCUT2D eigenvalue weighted by Crippen LogP contribution is -2.51. The molecular weight excluding hydrogens is 466 g/mol. The van der Waals surface area contributed by atoms with Crippen molar-refractivity contribution >= 4 is 44.2 Å². The van der Waals surface area contributed by atoms with Crippen LogP contribution in [0.1, 0.15) is 10.4 Å². The zero-order chi connectivity index (χ0) is 23.6. The smallest absolute Gasteiger partial charge is 0.260 e. The fraction of sp³-hybridized carbons (Fsp3) is 0.217. The molecule has 1 aliphatic rings. The van der Waals surface area contributed by atoms with Crippen molar-refractivity contribution in [1.29, 1.82) is 0 Å². The molecule has 0 bridgehead atoms. The second-order valence-electron chi connectivity index (χ2n) is 7.59. The minimum atomic E-state index is -3.68. The van der Waals surface area contributed by atoms with Crippen molar-refractivity contribution in [3.05, 3.63) is 71.2 Å². The Hall–Kier alpha value is -3.14. The number of sulfonamides is 1. The number of piperazine rings is 1. The first-order valence-electron chi connectivity index (χ1n) is 10.2. The van der Waals surface area contributed by atoms with Gasteiger partial charge in [-0.3, -0.25) is 9.59 Å². The molecule has 2 amide bonds. The number of hydrogen-bond acceptors (Lipinski definition) is 5. The molecule has 172 valence electrons. The minimum Gasteiger partial charge on any atom is -0.483 e. The Labute approximate surface area is 196 Å². The van der Waals surface area contributed by atoms with E-state index in [4.69, 9.17) is 22.1 Å². The molecule has 0 saturated carbocycles. The Kier molecular flexibility index (Phi) is 6.55. The van der Waals surface area contributed by atoms with Crippen molar-refractivity contribution in [1.82, 2.24) is 9.21 Å². The van der Waals surface area contributed by atoms with Crippen LogP contribution in [0.4, 0.5) is 0 Å². The van der Waals surface area contributed by atoms with E-state index < -0.39 is 15.9 Å². The molecule has 3 aromatic rings. The molecule has 3 aromatic carbocycles. The Balaban J connectivity index is 1.38. The summed E-state index contributed by atoms with van der Waals surface area (Å²) >= 11 is 5.88. The average Bonchev–Trinajstić information content (AvgIpc) is 2.82. The molecule has 4 rings (SSSR count). The van der Waals surface area contributed by atoms with Crippen LogP contribution in [0.2, 0.25) is 5.02 Å². The van der Waals surface area contributed by atoms with E-state index in [1.165, 1.54) is 27.4 Å². The fourth-order valence-corrected chi connectivity index (χ4v) is 5.34. The van der Waals surface area contributed by atoms with Gasteiger partial charge in [-0.2, -0.15) is 4.31 Å². The topological polar surface area (TPSA) is 110 Å². The highest BCUT2D eigenvalue weighted by atomic mass is 35.5. The van der Waals surface area contributed by atoms with Gasteiger partial charge in [0.05, 0.1) is 10.5 Å². The van der Waals surface area contributed by atoms with E-state index in [9.17, 15) is 18.0 Å². The summed E-state index contributed by atoms with van der Waals surface area (Å²) < 4.78 is 33.1. The molecule has 0 radical (unpaired) electrons. The summed E-state index contributed by atoms with van der Waals surface area (Å²) in [4.78, 5) is 25.9. The van der Waals surface area contributed by atoms with E-state index in [2.05, 4.69) is 0 Å². The number of hydrogen-bond donors (Lipinski definition) is 1.